The predicted octanol–water partition coefficient (Wildman–Crippen LogP) is 7.49. The maximum absolute atomic E-state index is 14.2. The molecule has 0 heterocycles. The van der Waals surface area contributed by atoms with Crippen molar-refractivity contribution >= 4 is 43.6 Å². The molecule has 1 aliphatic carbocycles. The van der Waals surface area contributed by atoms with E-state index in [0.29, 0.717) is 5.56 Å². The molecule has 1 aromatic carbocycles. The van der Waals surface area contributed by atoms with Crippen molar-refractivity contribution in [3.63, 3.8) is 0 Å². The second-order valence-corrected chi connectivity index (χ2v) is 8.73. The van der Waals surface area contributed by atoms with Gasteiger partial charge < -0.3 is 0 Å². The molecule has 0 bridgehead atoms. The fourth-order valence-corrected chi connectivity index (χ4v) is 5.59. The SMILES string of the molecule is Cc1ccccc1C1(SC(F)(F)C(F)(F)C(F)(F)F)C=C(Br)[CH]C(Br)=C1. The van der Waals surface area contributed by atoms with Gasteiger partial charge in [-0.25, -0.2) is 0 Å². The zero-order chi connectivity index (χ0) is 20.0. The van der Waals surface area contributed by atoms with E-state index in [1.807, 2.05) is 0 Å². The van der Waals surface area contributed by atoms with Crippen LogP contribution < -0.4 is 0 Å². The van der Waals surface area contributed by atoms with Crippen molar-refractivity contribution in [3.8, 4) is 0 Å². The molecule has 0 unspecified atom stereocenters. The highest BCUT2D eigenvalue weighted by molar-refractivity contribution is 9.12. The Morgan fingerprint density at radius 2 is 1.38 bits per heavy atom. The van der Waals surface area contributed by atoms with Crippen LogP contribution in [0.15, 0.2) is 45.4 Å². The summed E-state index contributed by atoms with van der Waals surface area (Å²) in [6.07, 6.45) is -2.58. The molecule has 0 saturated heterocycles. The third-order valence-electron chi connectivity index (χ3n) is 3.57. The molecule has 2 rings (SSSR count). The molecule has 1 radical (unpaired) electrons. The van der Waals surface area contributed by atoms with E-state index in [1.54, 1.807) is 19.1 Å². The van der Waals surface area contributed by atoms with Crippen molar-refractivity contribution in [1.82, 2.24) is 0 Å². The molecule has 0 fully saturated rings. The smallest absolute Gasteiger partial charge is 0.188 e. The van der Waals surface area contributed by atoms with Gasteiger partial charge in [-0.3, -0.25) is 0 Å². The minimum atomic E-state index is -6.39. The average molecular weight is 527 g/mol. The lowest BCUT2D eigenvalue weighted by Gasteiger charge is -2.37. The summed E-state index contributed by atoms with van der Waals surface area (Å²) < 4.78 is 91.5. The van der Waals surface area contributed by atoms with Gasteiger partial charge in [0.1, 0.15) is 0 Å². The molecule has 0 nitrogen and oxygen atoms in total. The van der Waals surface area contributed by atoms with Crippen molar-refractivity contribution in [3.05, 3.63) is 62.9 Å². The fraction of sp³-hybridized carbons (Fsp3) is 0.312. The lowest BCUT2D eigenvalue weighted by atomic mass is 9.90. The van der Waals surface area contributed by atoms with Crippen LogP contribution in [0.4, 0.5) is 30.7 Å². The van der Waals surface area contributed by atoms with Crippen LogP contribution in [0.5, 0.6) is 0 Å². The van der Waals surface area contributed by atoms with Gasteiger partial charge in [0, 0.05) is 15.4 Å². The van der Waals surface area contributed by atoms with E-state index in [-0.39, 0.29) is 14.5 Å². The number of halogens is 9. The van der Waals surface area contributed by atoms with Crippen molar-refractivity contribution in [2.45, 2.75) is 29.0 Å². The monoisotopic (exact) mass is 525 g/mol. The van der Waals surface area contributed by atoms with Gasteiger partial charge in [0.05, 0.1) is 4.75 Å². The minimum absolute atomic E-state index is 0.171. The summed E-state index contributed by atoms with van der Waals surface area (Å²) in [5, 5.41) is -5.42. The molecule has 1 aromatic rings. The molecule has 0 N–H and O–H groups in total. The Kier molecular flexibility index (Phi) is 6.01. The molecule has 0 saturated carbocycles. The standard InChI is InChI=1S/C16H10Br2F7S/c1-9-4-2-3-5-12(9)13(7-10(17)6-11(18)8-13)26-16(24,25)14(19,20)15(21,22)23/h2-8H,1H3. The van der Waals surface area contributed by atoms with E-state index < -0.39 is 33.9 Å². The normalized spacial score (nSPS) is 18.4. The van der Waals surface area contributed by atoms with E-state index >= 15 is 0 Å². The predicted molar refractivity (Wildman–Crippen MR) is 94.7 cm³/mol. The summed E-state index contributed by atoms with van der Waals surface area (Å²) >= 11 is 5.42. The first-order valence-corrected chi connectivity index (χ1v) is 9.32. The Hall–Kier alpha value is -0.480. The van der Waals surface area contributed by atoms with Gasteiger partial charge >= 0.3 is 17.4 Å². The average Bonchev–Trinajstić information content (AvgIpc) is 2.44. The van der Waals surface area contributed by atoms with Gasteiger partial charge in [0.15, 0.2) is 0 Å². The van der Waals surface area contributed by atoms with Crippen molar-refractivity contribution in [2.24, 2.45) is 0 Å². The second kappa shape index (κ2) is 7.16. The Morgan fingerprint density at radius 1 is 0.885 bits per heavy atom. The van der Waals surface area contributed by atoms with Gasteiger partial charge in [0.2, 0.25) is 0 Å². The number of hydrogen-bond donors (Lipinski definition) is 0. The highest BCUT2D eigenvalue weighted by atomic mass is 79.9. The molecule has 0 spiro atoms. The van der Waals surface area contributed by atoms with Crippen LogP contribution >= 0.6 is 43.6 Å². The number of benzene rings is 1. The van der Waals surface area contributed by atoms with E-state index in [1.165, 1.54) is 30.7 Å². The first kappa shape index (κ1) is 21.8. The van der Waals surface area contributed by atoms with Crippen LogP contribution in [0.25, 0.3) is 0 Å². The zero-order valence-corrected chi connectivity index (χ0v) is 16.8. The number of aryl methyl sites for hydroxylation is 1. The van der Waals surface area contributed by atoms with Crippen LogP contribution in [-0.2, 0) is 4.75 Å². The first-order valence-electron chi connectivity index (χ1n) is 6.92. The van der Waals surface area contributed by atoms with Crippen molar-refractivity contribution in [2.75, 3.05) is 0 Å². The van der Waals surface area contributed by atoms with E-state index in [2.05, 4.69) is 31.9 Å². The molecular formula is C16H10Br2F7S. The summed E-state index contributed by atoms with van der Waals surface area (Å²) in [6, 6.07) is 6.06. The second-order valence-electron chi connectivity index (χ2n) is 5.50. The van der Waals surface area contributed by atoms with Crippen LogP contribution in [0.2, 0.25) is 0 Å². The molecule has 26 heavy (non-hydrogen) atoms. The van der Waals surface area contributed by atoms with Crippen LogP contribution in [0.1, 0.15) is 11.1 Å². The lowest BCUT2D eigenvalue weighted by molar-refractivity contribution is -0.330. The highest BCUT2D eigenvalue weighted by Gasteiger charge is 2.74. The largest absolute Gasteiger partial charge is 0.460 e. The van der Waals surface area contributed by atoms with Gasteiger partial charge in [0.25, 0.3) is 0 Å². The lowest BCUT2D eigenvalue weighted by Crippen LogP contribution is -2.51. The number of thioether (sulfide) groups is 1. The first-order chi connectivity index (χ1) is 11.7. The minimum Gasteiger partial charge on any atom is -0.188 e. The van der Waals surface area contributed by atoms with Crippen molar-refractivity contribution in [1.29, 1.82) is 0 Å². The molecule has 1 aliphatic rings. The zero-order valence-electron chi connectivity index (χ0n) is 12.9. The Bertz CT molecular complexity index is 735. The number of allylic oxidation sites excluding steroid dienone is 2. The van der Waals surface area contributed by atoms with Crippen LogP contribution in [0, 0.1) is 13.3 Å². The highest BCUT2D eigenvalue weighted by Crippen LogP contribution is 2.60. The van der Waals surface area contributed by atoms with Crippen LogP contribution in [0.3, 0.4) is 0 Å². The summed E-state index contributed by atoms with van der Waals surface area (Å²) in [4.78, 5) is 0. The maximum Gasteiger partial charge on any atom is 0.460 e. The molecule has 0 atom stereocenters. The van der Waals surface area contributed by atoms with Crippen molar-refractivity contribution < 1.29 is 30.7 Å². The van der Waals surface area contributed by atoms with Crippen LogP contribution in [-0.4, -0.2) is 17.4 Å². The van der Waals surface area contributed by atoms with E-state index in [4.69, 9.17) is 0 Å². The maximum atomic E-state index is 14.2. The Balaban J connectivity index is 2.65. The van der Waals surface area contributed by atoms with E-state index in [9.17, 15) is 30.7 Å². The summed E-state index contributed by atoms with van der Waals surface area (Å²) in [5.74, 6) is -6.21. The van der Waals surface area contributed by atoms with Gasteiger partial charge in [-0.1, -0.05) is 67.9 Å². The van der Waals surface area contributed by atoms with Gasteiger partial charge in [-0.2, -0.15) is 30.7 Å². The quantitative estimate of drug-likeness (QED) is 0.366. The molecule has 10 heteroatoms. The Morgan fingerprint density at radius 3 is 1.85 bits per heavy atom. The number of rotatable bonds is 4. The van der Waals surface area contributed by atoms with Gasteiger partial charge in [-0.15, -0.1) is 0 Å². The molecule has 0 aliphatic heterocycles. The topological polar surface area (TPSA) is 0 Å². The molecular weight excluding hydrogens is 517 g/mol. The molecule has 143 valence electrons. The molecule has 0 amide bonds. The third kappa shape index (κ3) is 4.01. The summed E-state index contributed by atoms with van der Waals surface area (Å²) in [7, 11) is 0. The third-order valence-corrected chi connectivity index (χ3v) is 5.79. The van der Waals surface area contributed by atoms with E-state index in [0.717, 1.165) is 0 Å². The Labute approximate surface area is 166 Å². The number of hydrogen-bond acceptors (Lipinski definition) is 1. The summed E-state index contributed by atoms with van der Waals surface area (Å²) in [5.41, 5.74) is 0.630. The fourth-order valence-electron chi connectivity index (χ4n) is 2.39. The number of alkyl halides is 7. The molecule has 0 aromatic heterocycles. The summed E-state index contributed by atoms with van der Waals surface area (Å²) in [6.45, 7) is 1.56. The van der Waals surface area contributed by atoms with Gasteiger partial charge in [-0.05, 0) is 30.2 Å².